The van der Waals surface area contributed by atoms with E-state index in [0.717, 1.165) is 45.1 Å². The molecule has 1 N–H and O–H groups in total. The summed E-state index contributed by atoms with van der Waals surface area (Å²) in [7, 11) is -3.16. The molecule has 0 unspecified atom stereocenters. The second-order valence-electron chi connectivity index (χ2n) is 7.59. The molecule has 0 atom stereocenters. The number of aromatic nitrogens is 1. The molecule has 1 aromatic heterocycles. The lowest BCUT2D eigenvalue weighted by molar-refractivity contribution is 0.00747. The van der Waals surface area contributed by atoms with Crippen molar-refractivity contribution in [3.8, 4) is 0 Å². The van der Waals surface area contributed by atoms with Gasteiger partial charge in [0.2, 0.25) is 10.0 Å². The van der Waals surface area contributed by atoms with Crippen LogP contribution in [0.3, 0.4) is 0 Å². The molecule has 0 spiro atoms. The van der Waals surface area contributed by atoms with Crippen LogP contribution in [-0.4, -0.2) is 86.2 Å². The van der Waals surface area contributed by atoms with Gasteiger partial charge in [0.05, 0.1) is 12.5 Å². The lowest BCUT2D eigenvalue weighted by Crippen LogP contribution is -2.53. The monoisotopic (exact) mass is 428 g/mol. The number of hydrogen-bond acceptors (Lipinski definition) is 6. The maximum Gasteiger partial charge on any atom is 0.269 e. The van der Waals surface area contributed by atoms with Crippen LogP contribution in [0.25, 0.3) is 0 Å². The fourth-order valence-corrected chi connectivity index (χ4v) is 4.96. The number of halogens is 1. The van der Waals surface area contributed by atoms with Crippen LogP contribution in [0.5, 0.6) is 0 Å². The zero-order chi connectivity index (χ0) is 20.9. The third kappa shape index (κ3) is 6.18. The van der Waals surface area contributed by atoms with Crippen molar-refractivity contribution in [3.05, 3.63) is 29.8 Å². The number of amides is 1. The minimum absolute atomic E-state index is 0.186. The molecular formula is C19H29FN4O4S. The second-order valence-corrected chi connectivity index (χ2v) is 9.57. The van der Waals surface area contributed by atoms with Crippen LogP contribution in [0.1, 0.15) is 36.2 Å². The average molecular weight is 429 g/mol. The van der Waals surface area contributed by atoms with Gasteiger partial charge in [-0.25, -0.2) is 22.1 Å². The Balaban J connectivity index is 1.57. The predicted octanol–water partition coefficient (Wildman–Crippen LogP) is 0.856. The molecule has 2 fully saturated rings. The zero-order valence-electron chi connectivity index (χ0n) is 16.7. The summed E-state index contributed by atoms with van der Waals surface area (Å²) in [6, 6.07) is 3.21. The molecule has 0 radical (unpaired) electrons. The standard InChI is InChI=1S/C19H29FN4O4S/c1-29(26,27)23-9-4-16(5-10-23)24(17-6-12-28-13-7-17)11-8-21-19(25)18-3-2-15(20)14-22-18/h2-3,14,16-17H,4-13H2,1H3,(H,21,25). The highest BCUT2D eigenvalue weighted by Gasteiger charge is 2.32. The molecule has 2 aliphatic rings. The van der Waals surface area contributed by atoms with Crippen LogP contribution in [0.2, 0.25) is 0 Å². The highest BCUT2D eigenvalue weighted by Crippen LogP contribution is 2.24. The summed E-state index contributed by atoms with van der Waals surface area (Å²) in [4.78, 5) is 18.4. The summed E-state index contributed by atoms with van der Waals surface area (Å²) in [5.74, 6) is -0.809. The Bertz CT molecular complexity index is 776. The van der Waals surface area contributed by atoms with E-state index in [1.54, 1.807) is 0 Å². The van der Waals surface area contributed by atoms with Crippen molar-refractivity contribution in [2.45, 2.75) is 37.8 Å². The van der Waals surface area contributed by atoms with E-state index in [-0.39, 0.29) is 17.6 Å². The summed E-state index contributed by atoms with van der Waals surface area (Å²) in [5, 5.41) is 2.86. The molecule has 2 saturated heterocycles. The quantitative estimate of drug-likeness (QED) is 0.693. The maximum atomic E-state index is 13.0. The van der Waals surface area contributed by atoms with E-state index in [0.29, 0.717) is 32.2 Å². The van der Waals surface area contributed by atoms with Crippen LogP contribution >= 0.6 is 0 Å². The lowest BCUT2D eigenvalue weighted by atomic mass is 9.98. The molecule has 0 aliphatic carbocycles. The summed E-state index contributed by atoms with van der Waals surface area (Å²) < 4.78 is 43.6. The first-order valence-corrected chi connectivity index (χ1v) is 11.9. The number of nitrogens with one attached hydrogen (secondary N) is 1. The molecular weight excluding hydrogens is 399 g/mol. The van der Waals surface area contributed by atoms with Crippen molar-refractivity contribution in [2.24, 2.45) is 0 Å². The van der Waals surface area contributed by atoms with Crippen molar-refractivity contribution in [1.29, 1.82) is 0 Å². The number of sulfonamides is 1. The van der Waals surface area contributed by atoms with Gasteiger partial charge in [-0.2, -0.15) is 0 Å². The summed E-state index contributed by atoms with van der Waals surface area (Å²) in [6.07, 6.45) is 5.69. The van der Waals surface area contributed by atoms with E-state index in [2.05, 4.69) is 15.2 Å². The van der Waals surface area contributed by atoms with E-state index in [4.69, 9.17) is 4.74 Å². The Morgan fingerprint density at radius 1 is 1.24 bits per heavy atom. The van der Waals surface area contributed by atoms with Crippen LogP contribution in [0.15, 0.2) is 18.3 Å². The number of carbonyl (C=O) groups excluding carboxylic acids is 1. The predicted molar refractivity (Wildman–Crippen MR) is 107 cm³/mol. The van der Waals surface area contributed by atoms with E-state index in [1.807, 2.05) is 0 Å². The van der Waals surface area contributed by atoms with Gasteiger partial charge in [0.15, 0.2) is 0 Å². The molecule has 0 saturated carbocycles. The van der Waals surface area contributed by atoms with Crippen LogP contribution < -0.4 is 5.32 Å². The molecule has 0 aromatic carbocycles. The smallest absolute Gasteiger partial charge is 0.269 e. The molecule has 8 nitrogen and oxygen atoms in total. The molecule has 162 valence electrons. The Kier molecular flexibility index (Phi) is 7.55. The number of nitrogens with zero attached hydrogens (tertiary/aromatic N) is 3. The first-order chi connectivity index (χ1) is 13.8. The van der Waals surface area contributed by atoms with E-state index < -0.39 is 15.8 Å². The van der Waals surface area contributed by atoms with Gasteiger partial charge in [0, 0.05) is 51.5 Å². The number of ether oxygens (including phenoxy) is 1. The van der Waals surface area contributed by atoms with Crippen LogP contribution in [-0.2, 0) is 14.8 Å². The van der Waals surface area contributed by atoms with Gasteiger partial charge in [-0.05, 0) is 37.8 Å². The van der Waals surface area contributed by atoms with Crippen LogP contribution in [0, 0.1) is 5.82 Å². The van der Waals surface area contributed by atoms with Crippen molar-refractivity contribution < 1.29 is 22.3 Å². The largest absolute Gasteiger partial charge is 0.381 e. The van der Waals surface area contributed by atoms with Gasteiger partial charge in [0.1, 0.15) is 11.5 Å². The van der Waals surface area contributed by atoms with Gasteiger partial charge in [-0.1, -0.05) is 0 Å². The number of rotatable bonds is 7. The number of hydrogen-bond donors (Lipinski definition) is 1. The number of piperidine rings is 1. The van der Waals surface area contributed by atoms with Crippen molar-refractivity contribution in [1.82, 2.24) is 19.5 Å². The average Bonchev–Trinajstić information content (AvgIpc) is 2.72. The second kappa shape index (κ2) is 9.92. The lowest BCUT2D eigenvalue weighted by Gasteiger charge is -2.43. The number of carbonyl (C=O) groups is 1. The van der Waals surface area contributed by atoms with E-state index in [1.165, 1.54) is 22.7 Å². The van der Waals surface area contributed by atoms with E-state index >= 15 is 0 Å². The molecule has 10 heteroatoms. The highest BCUT2D eigenvalue weighted by molar-refractivity contribution is 7.88. The third-order valence-electron chi connectivity index (χ3n) is 5.64. The Labute approximate surface area is 171 Å². The molecule has 1 amide bonds. The SMILES string of the molecule is CS(=O)(=O)N1CCC(N(CCNC(=O)c2ccc(F)cn2)C2CCOCC2)CC1. The van der Waals surface area contributed by atoms with Gasteiger partial charge in [-0.3, -0.25) is 9.69 Å². The molecule has 2 aliphatic heterocycles. The Morgan fingerprint density at radius 3 is 2.48 bits per heavy atom. The fourth-order valence-electron chi connectivity index (χ4n) is 4.08. The molecule has 0 bridgehead atoms. The molecule has 1 aromatic rings. The highest BCUT2D eigenvalue weighted by atomic mass is 32.2. The Morgan fingerprint density at radius 2 is 1.90 bits per heavy atom. The van der Waals surface area contributed by atoms with Crippen molar-refractivity contribution in [3.63, 3.8) is 0 Å². The fraction of sp³-hybridized carbons (Fsp3) is 0.684. The van der Waals surface area contributed by atoms with Crippen molar-refractivity contribution in [2.75, 3.05) is 45.6 Å². The first-order valence-electron chi connectivity index (χ1n) is 10.0. The normalized spacial score (nSPS) is 20.1. The Hall–Kier alpha value is -1.62. The van der Waals surface area contributed by atoms with Gasteiger partial charge in [-0.15, -0.1) is 0 Å². The van der Waals surface area contributed by atoms with Gasteiger partial charge >= 0.3 is 0 Å². The van der Waals surface area contributed by atoms with Gasteiger partial charge < -0.3 is 10.1 Å². The minimum Gasteiger partial charge on any atom is -0.381 e. The maximum absolute atomic E-state index is 13.0. The topological polar surface area (TPSA) is 91.8 Å². The summed E-state index contributed by atoms with van der Waals surface area (Å²) in [5.41, 5.74) is 0.186. The van der Waals surface area contributed by atoms with Crippen molar-refractivity contribution >= 4 is 15.9 Å². The summed E-state index contributed by atoms with van der Waals surface area (Å²) >= 11 is 0. The molecule has 3 rings (SSSR count). The molecule has 3 heterocycles. The summed E-state index contributed by atoms with van der Waals surface area (Å²) in [6.45, 7) is 3.59. The molecule has 29 heavy (non-hydrogen) atoms. The first kappa shape index (κ1) is 22.1. The van der Waals surface area contributed by atoms with Crippen LogP contribution in [0.4, 0.5) is 4.39 Å². The third-order valence-corrected chi connectivity index (χ3v) is 6.94. The van der Waals surface area contributed by atoms with Gasteiger partial charge in [0.25, 0.3) is 5.91 Å². The zero-order valence-corrected chi connectivity index (χ0v) is 17.5. The minimum atomic E-state index is -3.16. The number of pyridine rings is 1. The van der Waals surface area contributed by atoms with E-state index in [9.17, 15) is 17.6 Å².